The minimum absolute atomic E-state index is 0.0415. The highest BCUT2D eigenvalue weighted by molar-refractivity contribution is 9.24. The Morgan fingerprint density at radius 2 is 2.13 bits per heavy atom. The highest BCUT2D eigenvalue weighted by atomic mass is 79.9. The first-order chi connectivity index (χ1) is 11.0. The third-order valence-corrected chi connectivity index (χ3v) is 6.35. The summed E-state index contributed by atoms with van der Waals surface area (Å²) >= 11 is 14.4. The van der Waals surface area contributed by atoms with Crippen molar-refractivity contribution in [3.8, 4) is 6.07 Å². The zero-order valence-electron chi connectivity index (χ0n) is 11.5. The van der Waals surface area contributed by atoms with E-state index in [1.54, 1.807) is 18.2 Å². The molecule has 0 atom stereocenters. The predicted molar refractivity (Wildman–Crippen MR) is 99.7 cm³/mol. The van der Waals surface area contributed by atoms with Crippen LogP contribution in [0.25, 0.3) is 10.2 Å². The lowest BCUT2D eigenvalue weighted by Crippen LogP contribution is -2.22. The molecule has 23 heavy (non-hydrogen) atoms. The summed E-state index contributed by atoms with van der Waals surface area (Å²) in [7, 11) is 0. The van der Waals surface area contributed by atoms with E-state index in [4.69, 9.17) is 11.6 Å². The Kier molecular flexibility index (Phi) is 4.87. The molecule has 4 nitrogen and oxygen atoms in total. The van der Waals surface area contributed by atoms with Gasteiger partial charge in [0.1, 0.15) is 8.44 Å². The van der Waals surface area contributed by atoms with Crippen molar-refractivity contribution in [2.75, 3.05) is 0 Å². The SMILES string of the molecule is N#Cc1ccccc1Cn1c(Cl)nc2cc(C(Br)Br)sc2c1=O. The number of alkyl halides is 2. The maximum absolute atomic E-state index is 12.7. The smallest absolute Gasteiger partial charge is 0.272 e. The lowest BCUT2D eigenvalue weighted by atomic mass is 10.1. The van der Waals surface area contributed by atoms with Crippen LogP contribution >= 0.6 is 54.8 Å². The molecule has 0 unspecified atom stereocenters. The molecular formula is C15H8Br2ClN3OS. The Morgan fingerprint density at radius 3 is 2.83 bits per heavy atom. The number of nitrogens with zero attached hydrogens (tertiary/aromatic N) is 3. The van der Waals surface area contributed by atoms with Gasteiger partial charge in [-0.25, -0.2) is 4.98 Å². The van der Waals surface area contributed by atoms with Crippen molar-refractivity contribution >= 4 is 65.0 Å². The summed E-state index contributed by atoms with van der Waals surface area (Å²) < 4.78 is 1.89. The summed E-state index contributed by atoms with van der Waals surface area (Å²) in [6.45, 7) is 0.212. The van der Waals surface area contributed by atoms with Gasteiger partial charge in [-0.2, -0.15) is 5.26 Å². The third kappa shape index (κ3) is 3.22. The average molecular weight is 474 g/mol. The van der Waals surface area contributed by atoms with Gasteiger partial charge in [0.2, 0.25) is 5.28 Å². The van der Waals surface area contributed by atoms with Gasteiger partial charge in [0.25, 0.3) is 5.56 Å². The van der Waals surface area contributed by atoms with Crippen molar-refractivity contribution in [1.29, 1.82) is 5.26 Å². The first kappa shape index (κ1) is 16.7. The average Bonchev–Trinajstić information content (AvgIpc) is 2.96. The molecule has 0 saturated carbocycles. The van der Waals surface area contributed by atoms with Gasteiger partial charge in [-0.05, 0) is 29.3 Å². The highest BCUT2D eigenvalue weighted by Gasteiger charge is 2.16. The van der Waals surface area contributed by atoms with E-state index in [0.29, 0.717) is 15.8 Å². The van der Waals surface area contributed by atoms with Gasteiger partial charge in [0, 0.05) is 4.88 Å². The number of aromatic nitrogens is 2. The van der Waals surface area contributed by atoms with Crippen LogP contribution in [-0.4, -0.2) is 9.55 Å². The van der Waals surface area contributed by atoms with Gasteiger partial charge in [-0.15, -0.1) is 11.3 Å². The quantitative estimate of drug-likeness (QED) is 0.405. The molecule has 0 spiro atoms. The molecule has 116 valence electrons. The number of rotatable bonds is 3. The molecule has 0 aliphatic rings. The summed E-state index contributed by atoms with van der Waals surface area (Å²) in [5.74, 6) is 0. The highest BCUT2D eigenvalue weighted by Crippen LogP contribution is 2.36. The minimum atomic E-state index is -0.204. The van der Waals surface area contributed by atoms with E-state index >= 15 is 0 Å². The molecule has 0 aliphatic heterocycles. The molecule has 2 aromatic heterocycles. The molecule has 0 amide bonds. The van der Waals surface area contributed by atoms with E-state index in [1.165, 1.54) is 15.9 Å². The van der Waals surface area contributed by atoms with Crippen LogP contribution in [0.4, 0.5) is 0 Å². The van der Waals surface area contributed by atoms with Gasteiger partial charge >= 0.3 is 0 Å². The third-order valence-electron chi connectivity index (χ3n) is 3.29. The van der Waals surface area contributed by atoms with Crippen LogP contribution in [0.1, 0.15) is 19.7 Å². The van der Waals surface area contributed by atoms with Gasteiger partial charge in [0.15, 0.2) is 0 Å². The minimum Gasteiger partial charge on any atom is -0.278 e. The summed E-state index contributed by atoms with van der Waals surface area (Å²) in [6, 6.07) is 11.1. The van der Waals surface area contributed by atoms with Crippen molar-refractivity contribution in [2.24, 2.45) is 0 Å². The molecule has 0 bridgehead atoms. The maximum atomic E-state index is 12.7. The van der Waals surface area contributed by atoms with E-state index in [-0.39, 0.29) is 21.1 Å². The van der Waals surface area contributed by atoms with E-state index in [9.17, 15) is 10.1 Å². The van der Waals surface area contributed by atoms with Gasteiger partial charge in [0.05, 0.1) is 23.7 Å². The van der Waals surface area contributed by atoms with Crippen molar-refractivity contribution in [3.63, 3.8) is 0 Å². The van der Waals surface area contributed by atoms with Crippen molar-refractivity contribution in [1.82, 2.24) is 9.55 Å². The molecule has 3 rings (SSSR count). The Balaban J connectivity index is 2.15. The lowest BCUT2D eigenvalue weighted by Gasteiger charge is -2.09. The van der Waals surface area contributed by atoms with E-state index in [2.05, 4.69) is 42.9 Å². The Morgan fingerprint density at radius 1 is 1.39 bits per heavy atom. The molecule has 0 aliphatic carbocycles. The standard InChI is InChI=1S/C15H8Br2ClN3OS/c16-13(17)11-5-10-12(23-11)14(22)21(15(18)20-10)7-9-4-2-1-3-8(9)6-19/h1-5,13H,7H2. The van der Waals surface area contributed by atoms with Crippen LogP contribution in [0.3, 0.4) is 0 Å². The summed E-state index contributed by atoms with van der Waals surface area (Å²) in [4.78, 5) is 18.0. The second kappa shape index (κ2) is 6.73. The Bertz CT molecular complexity index is 991. The Labute approximate surface area is 157 Å². The van der Waals surface area contributed by atoms with Crippen LogP contribution in [0.15, 0.2) is 35.1 Å². The van der Waals surface area contributed by atoms with Crippen LogP contribution in [0.2, 0.25) is 5.28 Å². The Hall–Kier alpha value is -1.20. The molecule has 0 radical (unpaired) electrons. The number of hydrogen-bond acceptors (Lipinski definition) is 4. The zero-order valence-corrected chi connectivity index (χ0v) is 16.2. The number of halogens is 3. The maximum Gasteiger partial charge on any atom is 0.272 e. The molecule has 3 aromatic rings. The lowest BCUT2D eigenvalue weighted by molar-refractivity contribution is 0.749. The number of thiophene rings is 1. The molecule has 0 N–H and O–H groups in total. The van der Waals surface area contributed by atoms with Crippen molar-refractivity contribution < 1.29 is 0 Å². The second-order valence-electron chi connectivity index (χ2n) is 4.70. The number of hydrogen-bond donors (Lipinski definition) is 0. The van der Waals surface area contributed by atoms with E-state index < -0.39 is 0 Å². The number of benzene rings is 1. The fourth-order valence-electron chi connectivity index (χ4n) is 2.18. The normalized spacial score (nSPS) is 11.1. The molecule has 0 saturated heterocycles. The van der Waals surface area contributed by atoms with E-state index in [0.717, 1.165) is 10.4 Å². The van der Waals surface area contributed by atoms with Gasteiger partial charge in [-0.3, -0.25) is 9.36 Å². The number of fused-ring (bicyclic) bond motifs is 1. The first-order valence-electron chi connectivity index (χ1n) is 6.47. The summed E-state index contributed by atoms with van der Waals surface area (Å²) in [5.41, 5.74) is 1.62. The molecular weight excluding hydrogens is 466 g/mol. The molecule has 8 heteroatoms. The summed E-state index contributed by atoms with van der Waals surface area (Å²) in [6.07, 6.45) is 0. The molecule has 1 aromatic carbocycles. The van der Waals surface area contributed by atoms with Crippen LogP contribution in [-0.2, 0) is 6.54 Å². The second-order valence-corrected chi connectivity index (χ2v) is 9.19. The fourth-order valence-corrected chi connectivity index (χ4v) is 4.14. The summed E-state index contributed by atoms with van der Waals surface area (Å²) in [5, 5.41) is 9.29. The van der Waals surface area contributed by atoms with Crippen LogP contribution < -0.4 is 5.56 Å². The first-order valence-corrected chi connectivity index (χ1v) is 9.49. The van der Waals surface area contributed by atoms with Crippen molar-refractivity contribution in [3.05, 3.63) is 62.0 Å². The van der Waals surface area contributed by atoms with Crippen molar-refractivity contribution in [2.45, 2.75) is 10.3 Å². The van der Waals surface area contributed by atoms with Gasteiger partial charge in [-0.1, -0.05) is 50.1 Å². The van der Waals surface area contributed by atoms with Crippen LogP contribution in [0.5, 0.6) is 0 Å². The van der Waals surface area contributed by atoms with E-state index in [1.807, 2.05) is 12.1 Å². The van der Waals surface area contributed by atoms with Crippen LogP contribution in [0, 0.1) is 11.3 Å². The monoisotopic (exact) mass is 471 g/mol. The fraction of sp³-hybridized carbons (Fsp3) is 0.133. The zero-order chi connectivity index (χ0) is 16.6. The number of nitriles is 1. The van der Waals surface area contributed by atoms with Gasteiger partial charge < -0.3 is 0 Å². The predicted octanol–water partition coefficient (Wildman–Crippen LogP) is 4.82. The topological polar surface area (TPSA) is 58.7 Å². The molecule has 2 heterocycles. The largest absolute Gasteiger partial charge is 0.278 e. The molecule has 0 fully saturated rings.